The van der Waals surface area contributed by atoms with Crippen LogP contribution < -0.4 is 5.32 Å². The summed E-state index contributed by atoms with van der Waals surface area (Å²) in [4.78, 5) is 14.7. The van der Waals surface area contributed by atoms with Crippen LogP contribution in [0.15, 0.2) is 0 Å². The molecule has 3 nitrogen and oxygen atoms in total. The predicted octanol–water partition coefficient (Wildman–Crippen LogP) is 3.76. The van der Waals surface area contributed by atoms with E-state index in [1.807, 2.05) is 0 Å². The van der Waals surface area contributed by atoms with Gasteiger partial charge in [0.25, 0.3) is 0 Å². The van der Waals surface area contributed by atoms with Gasteiger partial charge in [0, 0.05) is 31.6 Å². The Morgan fingerprint density at radius 2 is 1.57 bits per heavy atom. The van der Waals surface area contributed by atoms with Gasteiger partial charge < -0.3 is 10.2 Å². The molecule has 0 radical (unpaired) electrons. The average molecular weight is 317 g/mol. The summed E-state index contributed by atoms with van der Waals surface area (Å²) in [5, 5.41) is 3.67. The van der Waals surface area contributed by atoms with E-state index in [4.69, 9.17) is 0 Å². The molecule has 21 heavy (non-hydrogen) atoms. The molecule has 0 aliphatic carbocycles. The number of piperidine rings is 1. The molecule has 2 rings (SSSR count). The Labute approximate surface area is 136 Å². The number of nitrogens with one attached hydrogen (secondary N) is 1. The Kier molecular flexibility index (Phi) is 8.65. The minimum atomic E-state index is 0. The van der Waals surface area contributed by atoms with Crippen LogP contribution >= 0.6 is 12.4 Å². The molecule has 2 aliphatic rings. The second-order valence-corrected chi connectivity index (χ2v) is 6.77. The van der Waals surface area contributed by atoms with Crippen molar-refractivity contribution in [2.45, 2.75) is 83.7 Å². The monoisotopic (exact) mass is 316 g/mol. The van der Waals surface area contributed by atoms with Crippen LogP contribution in [0.1, 0.15) is 71.6 Å². The lowest BCUT2D eigenvalue weighted by Gasteiger charge is -2.31. The van der Waals surface area contributed by atoms with E-state index in [0.717, 1.165) is 32.4 Å². The molecule has 0 saturated carbocycles. The number of halogens is 1. The van der Waals surface area contributed by atoms with Crippen LogP contribution in [0.3, 0.4) is 0 Å². The second-order valence-electron chi connectivity index (χ2n) is 6.77. The largest absolute Gasteiger partial charge is 0.343 e. The van der Waals surface area contributed by atoms with Gasteiger partial charge in [0.05, 0.1) is 0 Å². The molecule has 4 heteroatoms. The highest BCUT2D eigenvalue weighted by molar-refractivity contribution is 5.85. The van der Waals surface area contributed by atoms with Crippen molar-refractivity contribution in [2.24, 2.45) is 5.92 Å². The van der Waals surface area contributed by atoms with Gasteiger partial charge in [-0.15, -0.1) is 12.4 Å². The van der Waals surface area contributed by atoms with Gasteiger partial charge in [-0.1, -0.05) is 26.7 Å². The van der Waals surface area contributed by atoms with Crippen molar-refractivity contribution < 1.29 is 4.79 Å². The molecule has 2 bridgehead atoms. The fraction of sp³-hybridized carbons (Fsp3) is 0.941. The molecule has 2 atom stereocenters. The van der Waals surface area contributed by atoms with E-state index < -0.39 is 0 Å². The Morgan fingerprint density at radius 3 is 2.05 bits per heavy atom. The third kappa shape index (κ3) is 5.78. The number of hydrogen-bond acceptors (Lipinski definition) is 2. The highest BCUT2D eigenvalue weighted by atomic mass is 35.5. The molecule has 2 saturated heterocycles. The van der Waals surface area contributed by atoms with Crippen LogP contribution in [0.25, 0.3) is 0 Å². The first-order valence-corrected chi connectivity index (χ1v) is 8.76. The number of amides is 1. The zero-order chi connectivity index (χ0) is 14.4. The fourth-order valence-electron chi connectivity index (χ4n) is 3.78. The maximum absolute atomic E-state index is 12.6. The van der Waals surface area contributed by atoms with Crippen molar-refractivity contribution >= 4 is 18.3 Å². The third-order valence-electron chi connectivity index (χ3n) is 4.95. The van der Waals surface area contributed by atoms with E-state index in [1.165, 1.54) is 38.5 Å². The third-order valence-corrected chi connectivity index (χ3v) is 4.95. The topological polar surface area (TPSA) is 32.3 Å². The standard InChI is InChI=1S/C17H32N2O.ClH/c1-3-5-9-19(10-6-4-2)17(20)13-14-11-15-7-8-16(12-14)18-15;/h14-16,18H,3-13H2,1-2H3;1H. The molecule has 2 aliphatic heterocycles. The summed E-state index contributed by atoms with van der Waals surface area (Å²) < 4.78 is 0. The van der Waals surface area contributed by atoms with E-state index in [9.17, 15) is 4.79 Å². The van der Waals surface area contributed by atoms with Crippen LogP contribution in [0.2, 0.25) is 0 Å². The number of nitrogens with zero attached hydrogens (tertiary/aromatic N) is 1. The fourth-order valence-corrected chi connectivity index (χ4v) is 3.78. The van der Waals surface area contributed by atoms with E-state index in [2.05, 4.69) is 24.1 Å². The summed E-state index contributed by atoms with van der Waals surface area (Å²) in [5.41, 5.74) is 0. The number of hydrogen-bond donors (Lipinski definition) is 1. The zero-order valence-corrected chi connectivity index (χ0v) is 14.6. The quantitative estimate of drug-likeness (QED) is 0.739. The Balaban J connectivity index is 0.00000220. The van der Waals surface area contributed by atoms with Crippen molar-refractivity contribution in [1.82, 2.24) is 10.2 Å². The zero-order valence-electron chi connectivity index (χ0n) is 13.8. The molecule has 0 aromatic rings. The summed E-state index contributed by atoms with van der Waals surface area (Å²) in [6.07, 6.45) is 10.5. The molecule has 0 aromatic heterocycles. The molecule has 124 valence electrons. The maximum Gasteiger partial charge on any atom is 0.222 e. The van der Waals surface area contributed by atoms with Gasteiger partial charge in [-0.05, 0) is 44.4 Å². The van der Waals surface area contributed by atoms with Crippen LogP contribution in [-0.2, 0) is 4.79 Å². The lowest BCUT2D eigenvalue weighted by Crippen LogP contribution is -2.41. The van der Waals surface area contributed by atoms with Gasteiger partial charge >= 0.3 is 0 Å². The second kappa shape index (κ2) is 9.68. The van der Waals surface area contributed by atoms with Crippen LogP contribution in [0, 0.1) is 5.92 Å². The van der Waals surface area contributed by atoms with Gasteiger partial charge in [-0.2, -0.15) is 0 Å². The van der Waals surface area contributed by atoms with Crippen LogP contribution in [0.4, 0.5) is 0 Å². The van der Waals surface area contributed by atoms with E-state index in [1.54, 1.807) is 0 Å². The highest BCUT2D eigenvalue weighted by Crippen LogP contribution is 2.33. The van der Waals surface area contributed by atoms with Gasteiger partial charge in [-0.3, -0.25) is 4.79 Å². The lowest BCUT2D eigenvalue weighted by molar-refractivity contribution is -0.132. The minimum absolute atomic E-state index is 0. The molecule has 2 heterocycles. The Bertz CT molecular complexity index is 291. The Hall–Kier alpha value is -0.280. The summed E-state index contributed by atoms with van der Waals surface area (Å²) in [6, 6.07) is 1.40. The molecule has 2 fully saturated rings. The number of carbonyl (C=O) groups is 1. The van der Waals surface area contributed by atoms with Crippen molar-refractivity contribution in [2.75, 3.05) is 13.1 Å². The van der Waals surface area contributed by atoms with Gasteiger partial charge in [0.2, 0.25) is 5.91 Å². The van der Waals surface area contributed by atoms with E-state index in [0.29, 0.717) is 23.9 Å². The molecule has 1 amide bonds. The Morgan fingerprint density at radius 1 is 1.05 bits per heavy atom. The molecule has 0 aromatic carbocycles. The number of rotatable bonds is 8. The normalized spacial score (nSPS) is 27.2. The van der Waals surface area contributed by atoms with E-state index in [-0.39, 0.29) is 12.4 Å². The first-order valence-electron chi connectivity index (χ1n) is 8.76. The van der Waals surface area contributed by atoms with Crippen molar-refractivity contribution in [1.29, 1.82) is 0 Å². The maximum atomic E-state index is 12.6. The lowest BCUT2D eigenvalue weighted by atomic mass is 9.89. The predicted molar refractivity (Wildman–Crippen MR) is 90.9 cm³/mol. The first-order chi connectivity index (χ1) is 9.72. The van der Waals surface area contributed by atoms with Gasteiger partial charge in [-0.25, -0.2) is 0 Å². The summed E-state index contributed by atoms with van der Waals surface area (Å²) in [7, 11) is 0. The van der Waals surface area contributed by atoms with E-state index >= 15 is 0 Å². The highest BCUT2D eigenvalue weighted by Gasteiger charge is 2.34. The smallest absolute Gasteiger partial charge is 0.222 e. The molecular weight excluding hydrogens is 284 g/mol. The number of carbonyl (C=O) groups excluding carboxylic acids is 1. The van der Waals surface area contributed by atoms with Crippen LogP contribution in [-0.4, -0.2) is 36.0 Å². The molecule has 1 N–H and O–H groups in total. The molecular formula is C17H33ClN2O. The average Bonchev–Trinajstić information content (AvgIpc) is 2.78. The van der Waals surface area contributed by atoms with Crippen LogP contribution in [0.5, 0.6) is 0 Å². The van der Waals surface area contributed by atoms with Crippen molar-refractivity contribution in [3.63, 3.8) is 0 Å². The number of unbranched alkanes of at least 4 members (excludes halogenated alkanes) is 2. The minimum Gasteiger partial charge on any atom is -0.343 e. The molecule has 0 spiro atoms. The SMILES string of the molecule is CCCCN(CCCC)C(=O)CC1CC2CCC(C1)N2.Cl. The van der Waals surface area contributed by atoms with Gasteiger partial charge in [0.15, 0.2) is 0 Å². The van der Waals surface area contributed by atoms with Crippen molar-refractivity contribution in [3.8, 4) is 0 Å². The molecule has 2 unspecified atom stereocenters. The summed E-state index contributed by atoms with van der Waals surface area (Å²) in [5.74, 6) is 1.05. The van der Waals surface area contributed by atoms with Crippen molar-refractivity contribution in [3.05, 3.63) is 0 Å². The summed E-state index contributed by atoms with van der Waals surface area (Å²) >= 11 is 0. The number of fused-ring (bicyclic) bond motifs is 2. The summed E-state index contributed by atoms with van der Waals surface area (Å²) in [6.45, 7) is 6.33. The first kappa shape index (κ1) is 18.8. The van der Waals surface area contributed by atoms with Gasteiger partial charge in [0.1, 0.15) is 0 Å².